The van der Waals surface area contributed by atoms with E-state index >= 15 is 0 Å². The van der Waals surface area contributed by atoms with Crippen molar-refractivity contribution in [2.75, 3.05) is 46.1 Å². The van der Waals surface area contributed by atoms with Crippen molar-refractivity contribution in [1.29, 1.82) is 0 Å². The Labute approximate surface area is 141 Å². The van der Waals surface area contributed by atoms with Crippen LogP contribution in [-0.4, -0.2) is 67.7 Å². The first-order valence-corrected chi connectivity index (χ1v) is 8.35. The summed E-state index contributed by atoms with van der Waals surface area (Å²) in [5.74, 6) is 1.36. The van der Waals surface area contributed by atoms with Crippen molar-refractivity contribution in [1.82, 2.24) is 15.1 Å². The Bertz CT molecular complexity index is 612. The van der Waals surface area contributed by atoms with Gasteiger partial charge in [0.1, 0.15) is 0 Å². The number of hydrogen-bond donors (Lipinski definition) is 1. The van der Waals surface area contributed by atoms with E-state index in [0.717, 1.165) is 6.42 Å². The Morgan fingerprint density at radius 3 is 2.62 bits per heavy atom. The summed E-state index contributed by atoms with van der Waals surface area (Å²) in [7, 11) is 0. The van der Waals surface area contributed by atoms with Crippen LogP contribution in [0.3, 0.4) is 0 Å². The molecule has 2 amide bonds. The molecule has 0 aliphatic carbocycles. The smallest absolute Gasteiger partial charge is 0.317 e. The van der Waals surface area contributed by atoms with Gasteiger partial charge in [-0.25, -0.2) is 4.79 Å². The van der Waals surface area contributed by atoms with Gasteiger partial charge in [-0.1, -0.05) is 6.92 Å². The molecule has 3 rings (SSSR count). The van der Waals surface area contributed by atoms with Gasteiger partial charge in [0.2, 0.25) is 6.79 Å². The van der Waals surface area contributed by atoms with E-state index in [1.54, 1.807) is 23.1 Å². The maximum Gasteiger partial charge on any atom is 0.317 e. The first-order chi connectivity index (χ1) is 11.7. The third-order valence-corrected chi connectivity index (χ3v) is 4.25. The largest absolute Gasteiger partial charge is 0.454 e. The van der Waals surface area contributed by atoms with Gasteiger partial charge in [0.05, 0.1) is 6.54 Å². The van der Waals surface area contributed by atoms with Gasteiger partial charge in [-0.2, -0.15) is 0 Å². The highest BCUT2D eigenvalue weighted by Crippen LogP contribution is 2.32. The van der Waals surface area contributed by atoms with Crippen LogP contribution in [-0.2, 0) is 0 Å². The van der Waals surface area contributed by atoms with Crippen LogP contribution in [0.4, 0.5) is 4.79 Å². The van der Waals surface area contributed by atoms with Gasteiger partial charge in [-0.05, 0) is 24.6 Å². The minimum Gasteiger partial charge on any atom is -0.454 e. The Hall–Kier alpha value is -2.28. The summed E-state index contributed by atoms with van der Waals surface area (Å²) >= 11 is 0. The van der Waals surface area contributed by atoms with Crippen LogP contribution in [0.1, 0.15) is 23.7 Å². The lowest BCUT2D eigenvalue weighted by molar-refractivity contribution is 0.0878. The summed E-state index contributed by atoms with van der Waals surface area (Å²) in [6.07, 6.45) is 0.926. The Kier molecular flexibility index (Phi) is 5.20. The molecule has 2 aliphatic heterocycles. The number of nitrogens with zero attached hydrogens (tertiary/aromatic N) is 2. The van der Waals surface area contributed by atoms with Crippen LogP contribution in [0.2, 0.25) is 0 Å². The van der Waals surface area contributed by atoms with Crippen LogP contribution >= 0.6 is 0 Å². The number of piperazine rings is 1. The predicted molar refractivity (Wildman–Crippen MR) is 88.6 cm³/mol. The monoisotopic (exact) mass is 333 g/mol. The summed E-state index contributed by atoms with van der Waals surface area (Å²) in [6, 6.07) is 5.26. The molecule has 1 saturated heterocycles. The molecule has 0 saturated carbocycles. The molecule has 7 nitrogen and oxygen atoms in total. The quantitative estimate of drug-likeness (QED) is 0.823. The molecular weight excluding hydrogens is 310 g/mol. The van der Waals surface area contributed by atoms with Crippen LogP contribution in [0.5, 0.6) is 11.5 Å². The number of Topliss-reactive ketones (excluding diaryl/α,β-unsaturated/α-hetero) is 1. The lowest BCUT2D eigenvalue weighted by Gasteiger charge is -2.34. The van der Waals surface area contributed by atoms with E-state index in [2.05, 4.69) is 10.2 Å². The van der Waals surface area contributed by atoms with Crippen LogP contribution < -0.4 is 14.8 Å². The number of rotatable bonds is 5. The number of carbonyl (C=O) groups is 2. The highest BCUT2D eigenvalue weighted by Gasteiger charge is 2.23. The number of carbonyl (C=O) groups excluding carboxylic acids is 2. The summed E-state index contributed by atoms with van der Waals surface area (Å²) in [4.78, 5) is 28.2. The zero-order valence-electron chi connectivity index (χ0n) is 13.9. The third kappa shape index (κ3) is 3.79. The van der Waals surface area contributed by atoms with Crippen molar-refractivity contribution in [3.8, 4) is 11.5 Å². The summed E-state index contributed by atoms with van der Waals surface area (Å²) < 4.78 is 10.6. The van der Waals surface area contributed by atoms with Crippen molar-refractivity contribution in [3.63, 3.8) is 0 Å². The average molecular weight is 333 g/mol. The second-order valence-corrected chi connectivity index (χ2v) is 5.99. The van der Waals surface area contributed by atoms with Gasteiger partial charge in [-0.3, -0.25) is 9.69 Å². The van der Waals surface area contributed by atoms with E-state index < -0.39 is 0 Å². The number of urea groups is 1. The zero-order chi connectivity index (χ0) is 16.9. The highest BCUT2D eigenvalue weighted by molar-refractivity contribution is 5.98. The summed E-state index contributed by atoms with van der Waals surface area (Å²) in [6.45, 7) is 5.97. The van der Waals surface area contributed by atoms with Gasteiger partial charge >= 0.3 is 6.03 Å². The Morgan fingerprint density at radius 1 is 1.12 bits per heavy atom. The van der Waals surface area contributed by atoms with E-state index in [1.165, 1.54) is 0 Å². The van der Waals surface area contributed by atoms with E-state index in [0.29, 0.717) is 56.3 Å². The average Bonchev–Trinajstić information content (AvgIpc) is 3.08. The lowest BCUT2D eigenvalue weighted by atomic mass is 10.1. The fourth-order valence-electron chi connectivity index (χ4n) is 2.82. The standard InChI is InChI=1S/C17H23N3O4/c1-2-5-18-17(22)20-8-6-19(7-9-20)11-14(21)13-3-4-15-16(10-13)24-12-23-15/h3-4,10H,2,5-9,11-12H2,1H3,(H,18,22). The normalized spacial score (nSPS) is 17.0. The van der Waals surface area contributed by atoms with Crippen molar-refractivity contribution >= 4 is 11.8 Å². The summed E-state index contributed by atoms with van der Waals surface area (Å²) in [5.41, 5.74) is 0.627. The predicted octanol–water partition coefficient (Wildman–Crippen LogP) is 1.34. The van der Waals surface area contributed by atoms with Gasteiger partial charge < -0.3 is 19.7 Å². The minimum absolute atomic E-state index is 0.0152. The van der Waals surface area contributed by atoms with E-state index in [4.69, 9.17) is 9.47 Å². The first kappa shape index (κ1) is 16.6. The number of hydrogen-bond acceptors (Lipinski definition) is 5. The molecule has 2 heterocycles. The van der Waals surface area contributed by atoms with Gasteiger partial charge in [0.15, 0.2) is 17.3 Å². The molecule has 0 bridgehead atoms. The molecule has 1 fully saturated rings. The van der Waals surface area contributed by atoms with Crippen molar-refractivity contribution in [2.45, 2.75) is 13.3 Å². The van der Waals surface area contributed by atoms with Crippen LogP contribution in [0, 0.1) is 0 Å². The van der Waals surface area contributed by atoms with E-state index in [1.807, 2.05) is 6.92 Å². The molecule has 1 aromatic rings. The van der Waals surface area contributed by atoms with Gasteiger partial charge in [0.25, 0.3) is 0 Å². The van der Waals surface area contributed by atoms with E-state index in [-0.39, 0.29) is 18.6 Å². The SMILES string of the molecule is CCCNC(=O)N1CCN(CC(=O)c2ccc3c(c2)OCO3)CC1. The highest BCUT2D eigenvalue weighted by atomic mass is 16.7. The van der Waals surface area contributed by atoms with Gasteiger partial charge in [0, 0.05) is 38.3 Å². The topological polar surface area (TPSA) is 71.1 Å². The maximum atomic E-state index is 12.4. The maximum absolute atomic E-state index is 12.4. The lowest BCUT2D eigenvalue weighted by Crippen LogP contribution is -2.52. The second-order valence-electron chi connectivity index (χ2n) is 5.99. The summed E-state index contributed by atoms with van der Waals surface area (Å²) in [5, 5.41) is 2.88. The molecule has 0 aromatic heterocycles. The minimum atomic E-state index is -0.0152. The van der Waals surface area contributed by atoms with Crippen molar-refractivity contribution in [3.05, 3.63) is 23.8 Å². The van der Waals surface area contributed by atoms with Crippen molar-refractivity contribution < 1.29 is 19.1 Å². The fourth-order valence-corrected chi connectivity index (χ4v) is 2.82. The first-order valence-electron chi connectivity index (χ1n) is 8.35. The van der Waals surface area contributed by atoms with E-state index in [9.17, 15) is 9.59 Å². The zero-order valence-corrected chi connectivity index (χ0v) is 13.9. The number of ketones is 1. The molecule has 2 aliphatic rings. The molecule has 1 N–H and O–H groups in total. The molecule has 24 heavy (non-hydrogen) atoms. The number of fused-ring (bicyclic) bond motifs is 1. The van der Waals surface area contributed by atoms with Crippen LogP contribution in [0.15, 0.2) is 18.2 Å². The van der Waals surface area contributed by atoms with Crippen LogP contribution in [0.25, 0.3) is 0 Å². The fraction of sp³-hybridized carbons (Fsp3) is 0.529. The molecule has 7 heteroatoms. The number of amides is 2. The van der Waals surface area contributed by atoms with Gasteiger partial charge in [-0.15, -0.1) is 0 Å². The molecule has 0 radical (unpaired) electrons. The number of nitrogens with one attached hydrogen (secondary N) is 1. The molecule has 0 spiro atoms. The number of benzene rings is 1. The molecular formula is C17H23N3O4. The molecule has 0 unspecified atom stereocenters. The second kappa shape index (κ2) is 7.53. The van der Waals surface area contributed by atoms with Crippen molar-refractivity contribution in [2.24, 2.45) is 0 Å². The number of ether oxygens (including phenoxy) is 2. The Balaban J connectivity index is 1.49. The molecule has 0 atom stereocenters. The molecule has 130 valence electrons. The molecule has 1 aromatic carbocycles. The Morgan fingerprint density at radius 2 is 1.88 bits per heavy atom. The third-order valence-electron chi connectivity index (χ3n) is 4.25.